The number of carbonyl (C=O) groups excluding carboxylic acids is 1. The molecule has 1 aliphatic heterocycles. The van der Waals surface area contributed by atoms with Crippen molar-refractivity contribution in [3.8, 4) is 5.75 Å². The maximum absolute atomic E-state index is 12.7. The summed E-state index contributed by atoms with van der Waals surface area (Å²) < 4.78 is 32.4. The number of methoxy groups -OCH3 is 1. The minimum Gasteiger partial charge on any atom is -0.497 e. The molecule has 6 nitrogen and oxygen atoms in total. The molecule has 1 atom stereocenters. The van der Waals surface area contributed by atoms with Crippen LogP contribution in [0.4, 0.5) is 0 Å². The monoisotopic (exact) mass is 402 g/mol. The summed E-state index contributed by atoms with van der Waals surface area (Å²) in [4.78, 5) is 14.7. The standard InChI is InChI=1S/C21H26N2O4S/c1-16-5-11-19(12-6-16)28(25,26)22-14-13-21(24)23-15-3-4-20(23)17-7-9-18(27-2)10-8-17/h5-12,20,22H,3-4,13-15H2,1-2H3/t20-/m1/s1. The Bertz CT molecular complexity index is 908. The van der Waals surface area contributed by atoms with Crippen molar-refractivity contribution in [3.63, 3.8) is 0 Å². The van der Waals surface area contributed by atoms with Crippen molar-refractivity contribution in [2.75, 3.05) is 20.2 Å². The van der Waals surface area contributed by atoms with Crippen molar-refractivity contribution in [2.24, 2.45) is 0 Å². The van der Waals surface area contributed by atoms with Crippen LogP contribution in [-0.4, -0.2) is 39.4 Å². The molecule has 2 aromatic carbocycles. The molecule has 0 aliphatic carbocycles. The number of hydrogen-bond donors (Lipinski definition) is 1. The fourth-order valence-electron chi connectivity index (χ4n) is 3.47. The van der Waals surface area contributed by atoms with E-state index in [1.54, 1.807) is 31.4 Å². The van der Waals surface area contributed by atoms with E-state index < -0.39 is 10.0 Å². The van der Waals surface area contributed by atoms with E-state index in [0.717, 1.165) is 29.7 Å². The maximum Gasteiger partial charge on any atom is 0.240 e. The number of amides is 1. The van der Waals surface area contributed by atoms with Crippen LogP contribution in [0.1, 0.15) is 36.4 Å². The van der Waals surface area contributed by atoms with Crippen molar-refractivity contribution in [3.05, 3.63) is 59.7 Å². The van der Waals surface area contributed by atoms with Gasteiger partial charge in [-0.2, -0.15) is 0 Å². The lowest BCUT2D eigenvalue weighted by atomic mass is 10.0. The Morgan fingerprint density at radius 3 is 2.46 bits per heavy atom. The van der Waals surface area contributed by atoms with Crippen molar-refractivity contribution in [2.45, 2.75) is 37.1 Å². The second-order valence-electron chi connectivity index (χ2n) is 6.98. The second-order valence-corrected chi connectivity index (χ2v) is 8.75. The van der Waals surface area contributed by atoms with Crippen molar-refractivity contribution in [1.82, 2.24) is 9.62 Å². The molecule has 150 valence electrons. The summed E-state index contributed by atoms with van der Waals surface area (Å²) in [6.45, 7) is 2.68. The molecule has 0 saturated carbocycles. The Hall–Kier alpha value is -2.38. The minimum atomic E-state index is -3.60. The molecule has 1 saturated heterocycles. The van der Waals surface area contributed by atoms with E-state index in [1.807, 2.05) is 36.1 Å². The van der Waals surface area contributed by atoms with E-state index in [0.29, 0.717) is 6.54 Å². The number of sulfonamides is 1. The molecule has 1 aliphatic rings. The molecule has 0 spiro atoms. The summed E-state index contributed by atoms with van der Waals surface area (Å²) >= 11 is 0. The number of ether oxygens (including phenoxy) is 1. The fraction of sp³-hybridized carbons (Fsp3) is 0.381. The number of carbonyl (C=O) groups is 1. The zero-order chi connectivity index (χ0) is 20.1. The molecule has 1 N–H and O–H groups in total. The molecule has 1 heterocycles. The molecule has 0 aromatic heterocycles. The van der Waals surface area contributed by atoms with Gasteiger partial charge in [-0.05, 0) is 49.6 Å². The largest absolute Gasteiger partial charge is 0.497 e. The SMILES string of the molecule is COc1ccc([C@H]2CCCN2C(=O)CCNS(=O)(=O)c2ccc(C)cc2)cc1. The van der Waals surface area contributed by atoms with Gasteiger partial charge >= 0.3 is 0 Å². The van der Waals surface area contributed by atoms with Gasteiger partial charge in [-0.1, -0.05) is 29.8 Å². The number of hydrogen-bond acceptors (Lipinski definition) is 4. The molecule has 3 rings (SSSR count). The molecule has 1 fully saturated rings. The average molecular weight is 403 g/mol. The number of nitrogens with zero attached hydrogens (tertiary/aromatic N) is 1. The summed E-state index contributed by atoms with van der Waals surface area (Å²) in [6.07, 6.45) is 1.99. The minimum absolute atomic E-state index is 0.0344. The van der Waals surface area contributed by atoms with Crippen LogP contribution in [-0.2, 0) is 14.8 Å². The van der Waals surface area contributed by atoms with Crippen molar-refractivity contribution < 1.29 is 17.9 Å². The summed E-state index contributed by atoms with van der Waals surface area (Å²) in [5.41, 5.74) is 2.07. The fourth-order valence-corrected chi connectivity index (χ4v) is 4.51. The zero-order valence-electron chi connectivity index (χ0n) is 16.2. The normalized spacial score (nSPS) is 16.9. The maximum atomic E-state index is 12.7. The Kier molecular flexibility index (Phi) is 6.36. The van der Waals surface area contributed by atoms with Crippen LogP contribution in [0.3, 0.4) is 0 Å². The predicted molar refractivity (Wildman–Crippen MR) is 108 cm³/mol. The highest BCUT2D eigenvalue weighted by molar-refractivity contribution is 7.89. The van der Waals surface area contributed by atoms with E-state index in [2.05, 4.69) is 4.72 Å². The van der Waals surface area contributed by atoms with E-state index >= 15 is 0 Å². The number of aryl methyl sites for hydroxylation is 1. The van der Waals surface area contributed by atoms with Gasteiger partial charge in [0.2, 0.25) is 15.9 Å². The van der Waals surface area contributed by atoms with Gasteiger partial charge in [-0.15, -0.1) is 0 Å². The molecular weight excluding hydrogens is 376 g/mol. The zero-order valence-corrected chi connectivity index (χ0v) is 17.0. The first-order valence-electron chi connectivity index (χ1n) is 9.40. The lowest BCUT2D eigenvalue weighted by Crippen LogP contribution is -2.34. The summed E-state index contributed by atoms with van der Waals surface area (Å²) in [7, 11) is -1.98. The van der Waals surface area contributed by atoms with Crippen LogP contribution in [0.25, 0.3) is 0 Å². The third kappa shape index (κ3) is 4.72. The van der Waals surface area contributed by atoms with Crippen LogP contribution < -0.4 is 9.46 Å². The Morgan fingerprint density at radius 2 is 1.82 bits per heavy atom. The van der Waals surface area contributed by atoms with E-state index in [9.17, 15) is 13.2 Å². The van der Waals surface area contributed by atoms with Gasteiger partial charge in [-0.25, -0.2) is 13.1 Å². The Balaban J connectivity index is 1.58. The lowest BCUT2D eigenvalue weighted by molar-refractivity contribution is -0.131. The Morgan fingerprint density at radius 1 is 1.14 bits per heavy atom. The number of likely N-dealkylation sites (tertiary alicyclic amines) is 1. The lowest BCUT2D eigenvalue weighted by Gasteiger charge is -2.25. The number of nitrogens with one attached hydrogen (secondary N) is 1. The van der Waals surface area contributed by atoms with E-state index in [-0.39, 0.29) is 29.8 Å². The number of rotatable bonds is 7. The predicted octanol–water partition coefficient (Wildman–Crippen LogP) is 3.04. The van der Waals surface area contributed by atoms with Crippen LogP contribution in [0.2, 0.25) is 0 Å². The van der Waals surface area contributed by atoms with Crippen LogP contribution in [0, 0.1) is 6.92 Å². The van der Waals surface area contributed by atoms with Gasteiger partial charge in [0.25, 0.3) is 0 Å². The highest BCUT2D eigenvalue weighted by atomic mass is 32.2. The summed E-state index contributed by atoms with van der Waals surface area (Å²) in [5.74, 6) is 0.745. The van der Waals surface area contributed by atoms with E-state index in [1.165, 1.54) is 0 Å². The smallest absolute Gasteiger partial charge is 0.240 e. The molecule has 0 unspecified atom stereocenters. The Labute approximate surface area is 166 Å². The van der Waals surface area contributed by atoms with Crippen molar-refractivity contribution in [1.29, 1.82) is 0 Å². The molecule has 0 bridgehead atoms. The highest BCUT2D eigenvalue weighted by Gasteiger charge is 2.29. The first-order valence-corrected chi connectivity index (χ1v) is 10.9. The van der Waals surface area contributed by atoms with Crippen LogP contribution in [0.15, 0.2) is 53.4 Å². The van der Waals surface area contributed by atoms with Gasteiger partial charge in [0.15, 0.2) is 0 Å². The van der Waals surface area contributed by atoms with Gasteiger partial charge in [0.05, 0.1) is 18.0 Å². The molecule has 2 aromatic rings. The molecular formula is C21H26N2O4S. The molecule has 28 heavy (non-hydrogen) atoms. The van der Waals surface area contributed by atoms with Gasteiger partial charge in [-0.3, -0.25) is 4.79 Å². The topological polar surface area (TPSA) is 75.7 Å². The summed E-state index contributed by atoms with van der Waals surface area (Å²) in [5, 5.41) is 0. The first kappa shape index (κ1) is 20.4. The van der Waals surface area contributed by atoms with E-state index in [4.69, 9.17) is 4.74 Å². The van der Waals surface area contributed by atoms with Crippen molar-refractivity contribution >= 4 is 15.9 Å². The van der Waals surface area contributed by atoms with Gasteiger partial charge in [0, 0.05) is 19.5 Å². The van der Waals surface area contributed by atoms with Gasteiger partial charge < -0.3 is 9.64 Å². The molecule has 1 amide bonds. The second kappa shape index (κ2) is 8.75. The third-order valence-electron chi connectivity index (χ3n) is 5.04. The van der Waals surface area contributed by atoms with Crippen LogP contribution >= 0.6 is 0 Å². The van der Waals surface area contributed by atoms with Crippen LogP contribution in [0.5, 0.6) is 5.75 Å². The quantitative estimate of drug-likeness (QED) is 0.772. The third-order valence-corrected chi connectivity index (χ3v) is 6.51. The average Bonchev–Trinajstić information content (AvgIpc) is 3.18. The molecule has 0 radical (unpaired) electrons. The highest BCUT2D eigenvalue weighted by Crippen LogP contribution is 2.33. The van der Waals surface area contributed by atoms with Gasteiger partial charge in [0.1, 0.15) is 5.75 Å². The molecule has 7 heteroatoms. The first-order chi connectivity index (χ1) is 13.4. The summed E-state index contributed by atoms with van der Waals surface area (Å²) in [6, 6.07) is 14.4. The number of benzene rings is 2.